The lowest BCUT2D eigenvalue weighted by Crippen LogP contribution is -2.20. The van der Waals surface area contributed by atoms with E-state index in [1.807, 2.05) is 12.1 Å². The maximum absolute atomic E-state index is 11.5. The highest BCUT2D eigenvalue weighted by molar-refractivity contribution is 9.10. The number of hydrogen-bond donors (Lipinski definition) is 2. The lowest BCUT2D eigenvalue weighted by atomic mass is 10.1. The zero-order chi connectivity index (χ0) is 14.7. The van der Waals surface area contributed by atoms with Crippen LogP contribution in [0.3, 0.4) is 0 Å². The van der Waals surface area contributed by atoms with E-state index in [-0.39, 0.29) is 0 Å². The highest BCUT2D eigenvalue weighted by Gasteiger charge is 2.22. The van der Waals surface area contributed by atoms with Gasteiger partial charge in [-0.25, -0.2) is 4.79 Å². The minimum absolute atomic E-state index is 0.312. The first-order chi connectivity index (χ1) is 9.47. The Morgan fingerprint density at radius 3 is 2.55 bits per heavy atom. The smallest absolute Gasteiger partial charge is 0.330 e. The van der Waals surface area contributed by atoms with Crippen molar-refractivity contribution in [1.29, 1.82) is 0 Å². The van der Waals surface area contributed by atoms with Gasteiger partial charge in [-0.3, -0.25) is 0 Å². The van der Waals surface area contributed by atoms with Crippen molar-refractivity contribution in [3.8, 4) is 0 Å². The highest BCUT2D eigenvalue weighted by atomic mass is 79.9. The number of carbonyl (C=O) groups is 1. The van der Waals surface area contributed by atoms with Crippen molar-refractivity contribution in [3.63, 3.8) is 0 Å². The van der Waals surface area contributed by atoms with E-state index in [4.69, 9.17) is 23.2 Å². The van der Waals surface area contributed by atoms with E-state index < -0.39 is 12.0 Å². The molecule has 0 amide bonds. The minimum atomic E-state index is -1.02. The Labute approximate surface area is 134 Å². The van der Waals surface area contributed by atoms with Crippen LogP contribution in [0.1, 0.15) is 11.6 Å². The van der Waals surface area contributed by atoms with Crippen molar-refractivity contribution >= 4 is 50.8 Å². The summed E-state index contributed by atoms with van der Waals surface area (Å²) in [5.74, 6) is -1.02. The van der Waals surface area contributed by atoms with Crippen molar-refractivity contribution in [2.45, 2.75) is 6.04 Å². The lowest BCUT2D eigenvalue weighted by Gasteiger charge is -2.17. The average Bonchev–Trinajstić information content (AvgIpc) is 2.36. The van der Waals surface area contributed by atoms with E-state index in [9.17, 15) is 9.90 Å². The Kier molecular flexibility index (Phi) is 4.91. The van der Waals surface area contributed by atoms with Crippen molar-refractivity contribution in [3.05, 3.63) is 62.5 Å². The normalized spacial score (nSPS) is 11.9. The molecule has 2 aromatic carbocycles. The van der Waals surface area contributed by atoms with Gasteiger partial charge >= 0.3 is 5.97 Å². The Bertz CT molecular complexity index is 649. The Hall–Kier alpha value is -1.23. The van der Waals surface area contributed by atoms with E-state index in [1.165, 1.54) is 6.07 Å². The molecule has 0 aliphatic carbocycles. The second kappa shape index (κ2) is 6.48. The summed E-state index contributed by atoms with van der Waals surface area (Å²) in [6.45, 7) is 0. The van der Waals surface area contributed by atoms with Gasteiger partial charge in [0.15, 0.2) is 6.04 Å². The summed E-state index contributed by atoms with van der Waals surface area (Å²) in [5.41, 5.74) is 1.14. The van der Waals surface area contributed by atoms with Crippen LogP contribution in [0.15, 0.2) is 46.9 Å². The number of carboxylic acids is 1. The molecule has 0 fully saturated rings. The van der Waals surface area contributed by atoms with Gasteiger partial charge < -0.3 is 10.4 Å². The number of nitrogens with one attached hydrogen (secondary N) is 1. The van der Waals surface area contributed by atoms with E-state index in [1.54, 1.807) is 24.3 Å². The molecule has 1 atom stereocenters. The molecule has 0 spiro atoms. The minimum Gasteiger partial charge on any atom is -0.479 e. The van der Waals surface area contributed by atoms with Crippen molar-refractivity contribution in [1.82, 2.24) is 0 Å². The first kappa shape index (κ1) is 15.2. The van der Waals surface area contributed by atoms with Gasteiger partial charge in [-0.1, -0.05) is 51.3 Å². The molecule has 0 aromatic heterocycles. The van der Waals surface area contributed by atoms with Crippen LogP contribution in [-0.4, -0.2) is 11.1 Å². The monoisotopic (exact) mass is 373 g/mol. The summed E-state index contributed by atoms with van der Waals surface area (Å²) in [6.07, 6.45) is 0. The largest absolute Gasteiger partial charge is 0.479 e. The molecule has 104 valence electrons. The molecule has 1 unspecified atom stereocenters. The molecule has 6 heteroatoms. The topological polar surface area (TPSA) is 49.3 Å². The number of benzene rings is 2. The molecule has 0 bridgehead atoms. The van der Waals surface area contributed by atoms with Gasteiger partial charge in [0, 0.05) is 25.8 Å². The molecular weight excluding hydrogens is 365 g/mol. The van der Waals surface area contributed by atoms with Gasteiger partial charge in [-0.15, -0.1) is 0 Å². The highest BCUT2D eigenvalue weighted by Crippen LogP contribution is 2.29. The third kappa shape index (κ3) is 3.66. The van der Waals surface area contributed by atoms with Crippen LogP contribution in [0.25, 0.3) is 0 Å². The maximum Gasteiger partial charge on any atom is 0.330 e. The van der Waals surface area contributed by atoms with Gasteiger partial charge in [0.05, 0.1) is 0 Å². The molecular formula is C14H10BrCl2NO2. The molecule has 2 N–H and O–H groups in total. The summed E-state index contributed by atoms with van der Waals surface area (Å²) in [6, 6.07) is 11.0. The molecule has 2 aromatic rings. The van der Waals surface area contributed by atoms with E-state index in [2.05, 4.69) is 21.2 Å². The molecule has 0 saturated carbocycles. The molecule has 0 saturated heterocycles. The number of carboxylic acid groups (broad SMARTS) is 1. The number of anilines is 1. The van der Waals surface area contributed by atoms with Crippen molar-refractivity contribution in [2.24, 2.45) is 0 Å². The van der Waals surface area contributed by atoms with Crippen LogP contribution in [0, 0.1) is 0 Å². The third-order valence-electron chi connectivity index (χ3n) is 2.66. The number of halogens is 3. The van der Waals surface area contributed by atoms with Gasteiger partial charge in [0.2, 0.25) is 0 Å². The predicted octanol–water partition coefficient (Wildman–Crippen LogP) is 4.99. The Morgan fingerprint density at radius 2 is 1.95 bits per heavy atom. The van der Waals surface area contributed by atoms with E-state index >= 15 is 0 Å². The summed E-state index contributed by atoms with van der Waals surface area (Å²) >= 11 is 15.2. The van der Waals surface area contributed by atoms with Crippen molar-refractivity contribution in [2.75, 3.05) is 5.32 Å². The van der Waals surface area contributed by atoms with Gasteiger partial charge in [0.1, 0.15) is 0 Å². The first-order valence-electron chi connectivity index (χ1n) is 5.67. The van der Waals surface area contributed by atoms with Gasteiger partial charge in [-0.05, 0) is 30.3 Å². The van der Waals surface area contributed by atoms with Gasteiger partial charge in [-0.2, -0.15) is 0 Å². The lowest BCUT2D eigenvalue weighted by molar-refractivity contribution is -0.138. The first-order valence-corrected chi connectivity index (χ1v) is 7.22. The van der Waals surface area contributed by atoms with Crippen LogP contribution in [0.4, 0.5) is 5.69 Å². The molecule has 3 nitrogen and oxygen atoms in total. The second-order valence-electron chi connectivity index (χ2n) is 4.09. The van der Waals surface area contributed by atoms with Crippen LogP contribution in [0.2, 0.25) is 10.0 Å². The van der Waals surface area contributed by atoms with Crippen LogP contribution in [-0.2, 0) is 4.79 Å². The van der Waals surface area contributed by atoms with Crippen molar-refractivity contribution < 1.29 is 9.90 Å². The molecule has 2 rings (SSSR count). The molecule has 0 aliphatic heterocycles. The number of aliphatic carboxylic acids is 1. The standard InChI is InChI=1S/C14H10BrCl2NO2/c15-8-2-1-3-10(6-8)18-13(14(19)20)11-5-4-9(16)7-12(11)17/h1-7,13,18H,(H,19,20). The second-order valence-corrected chi connectivity index (χ2v) is 5.85. The summed E-state index contributed by atoms with van der Waals surface area (Å²) in [4.78, 5) is 11.5. The molecule has 0 aliphatic rings. The third-order valence-corrected chi connectivity index (χ3v) is 3.71. The quantitative estimate of drug-likeness (QED) is 0.792. The fraction of sp³-hybridized carbons (Fsp3) is 0.0714. The summed E-state index contributed by atoms with van der Waals surface area (Å²) in [5, 5.41) is 13.1. The average molecular weight is 375 g/mol. The van der Waals surface area contributed by atoms with Crippen LogP contribution >= 0.6 is 39.1 Å². The fourth-order valence-corrected chi connectivity index (χ4v) is 2.67. The zero-order valence-electron chi connectivity index (χ0n) is 10.1. The predicted molar refractivity (Wildman–Crippen MR) is 84.6 cm³/mol. The molecule has 20 heavy (non-hydrogen) atoms. The SMILES string of the molecule is O=C(O)C(Nc1cccc(Br)c1)c1ccc(Cl)cc1Cl. The van der Waals surface area contributed by atoms with E-state index in [0.717, 1.165) is 4.47 Å². The summed E-state index contributed by atoms with van der Waals surface area (Å²) in [7, 11) is 0. The maximum atomic E-state index is 11.5. The number of hydrogen-bond acceptors (Lipinski definition) is 2. The van der Waals surface area contributed by atoms with Crippen LogP contribution < -0.4 is 5.32 Å². The summed E-state index contributed by atoms with van der Waals surface area (Å²) < 4.78 is 0.855. The Balaban J connectivity index is 2.34. The fourth-order valence-electron chi connectivity index (χ4n) is 1.75. The Morgan fingerprint density at radius 1 is 1.20 bits per heavy atom. The number of rotatable bonds is 4. The molecule has 0 radical (unpaired) electrons. The molecule has 0 heterocycles. The van der Waals surface area contributed by atoms with Gasteiger partial charge in [0.25, 0.3) is 0 Å². The van der Waals surface area contributed by atoms with E-state index in [0.29, 0.717) is 21.3 Å². The zero-order valence-corrected chi connectivity index (χ0v) is 13.2. The van der Waals surface area contributed by atoms with Crippen LogP contribution in [0.5, 0.6) is 0 Å².